The van der Waals surface area contributed by atoms with Crippen molar-refractivity contribution < 1.29 is 19.1 Å². The van der Waals surface area contributed by atoms with Crippen molar-refractivity contribution in [3.05, 3.63) is 71.3 Å². The van der Waals surface area contributed by atoms with Gasteiger partial charge in [-0.05, 0) is 43.2 Å². The Labute approximate surface area is 164 Å². The molecule has 6 nitrogen and oxygen atoms in total. The van der Waals surface area contributed by atoms with Crippen LogP contribution in [0, 0.1) is 11.3 Å². The maximum Gasteiger partial charge on any atom is 0.349 e. The van der Waals surface area contributed by atoms with E-state index in [1.807, 2.05) is 44.2 Å². The van der Waals surface area contributed by atoms with Crippen LogP contribution in [0.25, 0.3) is 6.08 Å². The van der Waals surface area contributed by atoms with E-state index in [0.29, 0.717) is 17.9 Å². The molecule has 0 aliphatic rings. The Bertz CT molecular complexity index is 868. The zero-order valence-corrected chi connectivity index (χ0v) is 15.8. The van der Waals surface area contributed by atoms with Crippen LogP contribution in [0.2, 0.25) is 0 Å². The number of ether oxygens (including phenoxy) is 2. The zero-order valence-electron chi connectivity index (χ0n) is 15.8. The molecule has 144 valence electrons. The summed E-state index contributed by atoms with van der Waals surface area (Å²) < 4.78 is 10.3. The summed E-state index contributed by atoms with van der Waals surface area (Å²) >= 11 is 0. The number of carbonyl (C=O) groups is 2. The first kappa shape index (κ1) is 20.7. The highest BCUT2D eigenvalue weighted by atomic mass is 16.5. The Morgan fingerprint density at radius 1 is 1.14 bits per heavy atom. The normalized spacial score (nSPS) is 11.8. The highest BCUT2D eigenvalue weighted by Crippen LogP contribution is 2.15. The lowest BCUT2D eigenvalue weighted by Crippen LogP contribution is -2.31. The molecule has 0 saturated heterocycles. The maximum atomic E-state index is 12.1. The Morgan fingerprint density at radius 3 is 2.43 bits per heavy atom. The van der Waals surface area contributed by atoms with E-state index in [1.165, 1.54) is 6.08 Å². The van der Waals surface area contributed by atoms with E-state index in [1.54, 1.807) is 30.3 Å². The van der Waals surface area contributed by atoms with Crippen molar-refractivity contribution in [2.45, 2.75) is 19.9 Å². The highest BCUT2D eigenvalue weighted by molar-refractivity contribution is 5.98. The van der Waals surface area contributed by atoms with Gasteiger partial charge in [0.2, 0.25) is 0 Å². The van der Waals surface area contributed by atoms with Crippen molar-refractivity contribution >= 4 is 18.0 Å². The van der Waals surface area contributed by atoms with Crippen molar-refractivity contribution in [3.63, 3.8) is 0 Å². The molecule has 1 atom stereocenters. The van der Waals surface area contributed by atoms with Crippen LogP contribution in [0.1, 0.15) is 31.0 Å². The van der Waals surface area contributed by atoms with Gasteiger partial charge in [-0.1, -0.05) is 42.5 Å². The molecule has 2 aromatic rings. The Kier molecular flexibility index (Phi) is 7.79. The average Bonchev–Trinajstić information content (AvgIpc) is 2.72. The SMILES string of the molecule is CCOc1ccc(/C=C(\C#N)C(=O)OCC(=O)N[C@H](C)c2ccccc2)cc1. The van der Waals surface area contributed by atoms with Crippen molar-refractivity contribution in [2.75, 3.05) is 13.2 Å². The second-order valence-corrected chi connectivity index (χ2v) is 5.95. The second-order valence-electron chi connectivity index (χ2n) is 5.95. The molecular formula is C22H22N2O4. The summed E-state index contributed by atoms with van der Waals surface area (Å²) in [6.45, 7) is 3.81. The van der Waals surface area contributed by atoms with Gasteiger partial charge in [0.05, 0.1) is 12.6 Å². The molecule has 2 rings (SSSR count). The summed E-state index contributed by atoms with van der Waals surface area (Å²) in [5.41, 5.74) is 1.41. The summed E-state index contributed by atoms with van der Waals surface area (Å²) in [5.74, 6) is -0.591. The molecule has 0 saturated carbocycles. The first-order valence-corrected chi connectivity index (χ1v) is 8.89. The molecule has 0 radical (unpaired) electrons. The molecule has 0 unspecified atom stereocenters. The molecule has 0 heterocycles. The molecule has 1 amide bonds. The minimum absolute atomic E-state index is 0.187. The van der Waals surface area contributed by atoms with Crippen LogP contribution in [-0.2, 0) is 14.3 Å². The van der Waals surface area contributed by atoms with E-state index < -0.39 is 18.5 Å². The fourth-order valence-electron chi connectivity index (χ4n) is 2.45. The molecule has 0 aliphatic carbocycles. The van der Waals surface area contributed by atoms with Crippen LogP contribution in [0.5, 0.6) is 5.75 Å². The largest absolute Gasteiger partial charge is 0.494 e. The van der Waals surface area contributed by atoms with Gasteiger partial charge < -0.3 is 14.8 Å². The number of hydrogen-bond acceptors (Lipinski definition) is 5. The van der Waals surface area contributed by atoms with E-state index >= 15 is 0 Å². The predicted molar refractivity (Wildman–Crippen MR) is 105 cm³/mol. The molecule has 0 spiro atoms. The molecular weight excluding hydrogens is 356 g/mol. The van der Waals surface area contributed by atoms with Crippen LogP contribution in [0.3, 0.4) is 0 Å². The van der Waals surface area contributed by atoms with E-state index in [9.17, 15) is 14.9 Å². The van der Waals surface area contributed by atoms with E-state index in [4.69, 9.17) is 9.47 Å². The standard InChI is InChI=1S/C22H22N2O4/c1-3-27-20-11-9-17(10-12-20)13-19(14-23)22(26)28-15-21(25)24-16(2)18-7-5-4-6-8-18/h4-13,16H,3,15H2,1-2H3,(H,24,25)/b19-13+/t16-/m1/s1. The van der Waals surface area contributed by atoms with Gasteiger partial charge in [-0.2, -0.15) is 5.26 Å². The Morgan fingerprint density at radius 2 is 1.82 bits per heavy atom. The third-order valence-electron chi connectivity index (χ3n) is 3.85. The van der Waals surface area contributed by atoms with Crippen LogP contribution in [0.4, 0.5) is 0 Å². The monoisotopic (exact) mass is 378 g/mol. The Balaban J connectivity index is 1.91. The summed E-state index contributed by atoms with van der Waals surface area (Å²) in [5, 5.41) is 12.0. The number of rotatable bonds is 8. The third-order valence-corrected chi connectivity index (χ3v) is 3.85. The third kappa shape index (κ3) is 6.29. The lowest BCUT2D eigenvalue weighted by molar-refractivity contribution is -0.144. The first-order valence-electron chi connectivity index (χ1n) is 8.89. The number of nitrogens with one attached hydrogen (secondary N) is 1. The van der Waals surface area contributed by atoms with Gasteiger partial charge in [0.25, 0.3) is 5.91 Å². The van der Waals surface area contributed by atoms with E-state index in [2.05, 4.69) is 5.32 Å². The first-order chi connectivity index (χ1) is 13.5. The number of benzene rings is 2. The summed E-state index contributed by atoms with van der Waals surface area (Å²) in [4.78, 5) is 24.1. The van der Waals surface area contributed by atoms with Gasteiger partial charge in [-0.15, -0.1) is 0 Å². The summed E-state index contributed by atoms with van der Waals surface area (Å²) in [6.07, 6.45) is 1.41. The van der Waals surface area contributed by atoms with Gasteiger partial charge in [0.15, 0.2) is 6.61 Å². The molecule has 2 aromatic carbocycles. The second kappa shape index (κ2) is 10.5. The highest BCUT2D eigenvalue weighted by Gasteiger charge is 2.15. The molecule has 6 heteroatoms. The smallest absolute Gasteiger partial charge is 0.349 e. The van der Waals surface area contributed by atoms with Crippen LogP contribution < -0.4 is 10.1 Å². The summed E-state index contributed by atoms with van der Waals surface area (Å²) in [7, 11) is 0. The number of nitrogens with zero attached hydrogens (tertiary/aromatic N) is 1. The molecule has 0 bridgehead atoms. The Hall–Kier alpha value is -3.59. The predicted octanol–water partition coefficient (Wildman–Crippen LogP) is 3.41. The van der Waals surface area contributed by atoms with Gasteiger partial charge in [0, 0.05) is 0 Å². The number of carbonyl (C=O) groups excluding carboxylic acids is 2. The van der Waals surface area contributed by atoms with Crippen LogP contribution >= 0.6 is 0 Å². The topological polar surface area (TPSA) is 88.4 Å². The van der Waals surface area contributed by atoms with Gasteiger partial charge in [0.1, 0.15) is 17.4 Å². The maximum absolute atomic E-state index is 12.1. The van der Waals surface area contributed by atoms with Crippen molar-refractivity contribution in [3.8, 4) is 11.8 Å². The van der Waals surface area contributed by atoms with Crippen LogP contribution in [0.15, 0.2) is 60.2 Å². The fraction of sp³-hybridized carbons (Fsp3) is 0.227. The van der Waals surface area contributed by atoms with Gasteiger partial charge in [-0.25, -0.2) is 4.79 Å². The molecule has 1 N–H and O–H groups in total. The minimum Gasteiger partial charge on any atom is -0.494 e. The van der Waals surface area contributed by atoms with Crippen LogP contribution in [-0.4, -0.2) is 25.1 Å². The number of amides is 1. The molecule has 0 aromatic heterocycles. The van der Waals surface area contributed by atoms with Gasteiger partial charge >= 0.3 is 5.97 Å². The molecule has 0 aliphatic heterocycles. The van der Waals surface area contributed by atoms with Gasteiger partial charge in [-0.3, -0.25) is 4.79 Å². The lowest BCUT2D eigenvalue weighted by atomic mass is 10.1. The van der Waals surface area contributed by atoms with Crippen molar-refractivity contribution in [1.82, 2.24) is 5.32 Å². The van der Waals surface area contributed by atoms with Crippen molar-refractivity contribution in [1.29, 1.82) is 5.26 Å². The zero-order chi connectivity index (χ0) is 20.4. The molecule has 28 heavy (non-hydrogen) atoms. The number of esters is 1. The van der Waals surface area contributed by atoms with Crippen molar-refractivity contribution in [2.24, 2.45) is 0 Å². The fourth-order valence-corrected chi connectivity index (χ4v) is 2.45. The number of nitriles is 1. The summed E-state index contributed by atoms with van der Waals surface area (Å²) in [6, 6.07) is 18.0. The van der Waals surface area contributed by atoms with E-state index in [0.717, 1.165) is 5.56 Å². The number of hydrogen-bond donors (Lipinski definition) is 1. The minimum atomic E-state index is -0.848. The van der Waals surface area contributed by atoms with E-state index in [-0.39, 0.29) is 11.6 Å². The molecule has 0 fully saturated rings. The quantitative estimate of drug-likeness (QED) is 0.432. The average molecular weight is 378 g/mol. The lowest BCUT2D eigenvalue weighted by Gasteiger charge is -2.14.